The quantitative estimate of drug-likeness (QED) is 0.555. The van der Waals surface area contributed by atoms with E-state index in [4.69, 9.17) is 0 Å². The lowest BCUT2D eigenvalue weighted by Crippen LogP contribution is -2.33. The summed E-state index contributed by atoms with van der Waals surface area (Å²) in [4.78, 5) is 0. The molecule has 3 fully saturated rings. The highest BCUT2D eigenvalue weighted by Gasteiger charge is 2.68. The van der Waals surface area contributed by atoms with E-state index in [1.165, 1.54) is 24.7 Å². The normalized spacial score (nSPS) is 53.5. The Balaban J connectivity index is 1.93. The van der Waals surface area contributed by atoms with E-state index in [1.807, 2.05) is 0 Å². The number of fused-ring (bicyclic) bond motifs is 2. The van der Waals surface area contributed by atoms with E-state index in [0.717, 1.165) is 10.8 Å². The van der Waals surface area contributed by atoms with Gasteiger partial charge in [-0.3, -0.25) is 0 Å². The summed E-state index contributed by atoms with van der Waals surface area (Å²) in [5.74, 6) is 2.35. The molecular weight excluding hydrogens is 144 g/mol. The SMILES string of the molecule is CC[C@]1(C)CCC2CC2C12CC2. The summed E-state index contributed by atoms with van der Waals surface area (Å²) < 4.78 is 0. The van der Waals surface area contributed by atoms with Crippen molar-refractivity contribution in [3.63, 3.8) is 0 Å². The van der Waals surface area contributed by atoms with Gasteiger partial charge in [-0.1, -0.05) is 20.3 Å². The fraction of sp³-hybridized carbons (Fsp3) is 1.00. The van der Waals surface area contributed by atoms with Crippen molar-refractivity contribution in [3.05, 3.63) is 0 Å². The zero-order valence-electron chi connectivity index (χ0n) is 8.40. The zero-order valence-corrected chi connectivity index (χ0v) is 8.40. The van der Waals surface area contributed by atoms with Crippen LogP contribution < -0.4 is 0 Å². The largest absolute Gasteiger partial charge is 0.0648 e. The van der Waals surface area contributed by atoms with Crippen LogP contribution in [-0.4, -0.2) is 0 Å². The first-order valence-corrected chi connectivity index (χ1v) is 5.72. The Morgan fingerprint density at radius 3 is 2.58 bits per heavy atom. The van der Waals surface area contributed by atoms with Crippen LogP contribution >= 0.6 is 0 Å². The van der Waals surface area contributed by atoms with Gasteiger partial charge < -0.3 is 0 Å². The summed E-state index contributed by atoms with van der Waals surface area (Å²) >= 11 is 0. The molecule has 3 saturated carbocycles. The number of hydrogen-bond donors (Lipinski definition) is 0. The van der Waals surface area contributed by atoms with Gasteiger partial charge >= 0.3 is 0 Å². The highest BCUT2D eigenvalue weighted by atomic mass is 14.7. The van der Waals surface area contributed by atoms with Crippen molar-refractivity contribution >= 4 is 0 Å². The molecule has 0 heteroatoms. The van der Waals surface area contributed by atoms with Crippen LogP contribution in [0.25, 0.3) is 0 Å². The fourth-order valence-electron chi connectivity index (χ4n) is 4.08. The van der Waals surface area contributed by atoms with Crippen LogP contribution in [0, 0.1) is 22.7 Å². The van der Waals surface area contributed by atoms with Gasteiger partial charge in [-0.25, -0.2) is 0 Å². The van der Waals surface area contributed by atoms with Crippen molar-refractivity contribution in [2.45, 2.75) is 52.4 Å². The van der Waals surface area contributed by atoms with E-state index in [9.17, 15) is 0 Å². The maximum absolute atomic E-state index is 2.56. The first-order chi connectivity index (χ1) is 5.72. The third-order valence-corrected chi connectivity index (χ3v) is 5.47. The maximum Gasteiger partial charge on any atom is -0.0212 e. The third-order valence-electron chi connectivity index (χ3n) is 5.47. The van der Waals surface area contributed by atoms with E-state index < -0.39 is 0 Å². The number of hydrogen-bond acceptors (Lipinski definition) is 0. The first kappa shape index (κ1) is 7.41. The molecule has 0 bridgehead atoms. The molecule has 0 radical (unpaired) electrons. The molecule has 0 aromatic heterocycles. The topological polar surface area (TPSA) is 0 Å². The molecule has 3 aliphatic rings. The number of rotatable bonds is 1. The lowest BCUT2D eigenvalue weighted by Gasteiger charge is -2.42. The summed E-state index contributed by atoms with van der Waals surface area (Å²) in [6.07, 6.45) is 9.24. The molecular formula is C12H20. The standard InChI is InChI=1S/C12H20/c1-3-11(2)5-4-9-8-10(9)12(11)6-7-12/h9-10H,3-8H2,1-2H3/t9?,10?,11-/m1/s1. The van der Waals surface area contributed by atoms with Crippen LogP contribution in [0.1, 0.15) is 52.4 Å². The second-order valence-corrected chi connectivity index (χ2v) is 5.71. The van der Waals surface area contributed by atoms with Crippen molar-refractivity contribution in [2.75, 3.05) is 0 Å². The molecule has 68 valence electrons. The van der Waals surface area contributed by atoms with Gasteiger partial charge in [-0.2, -0.15) is 0 Å². The Hall–Kier alpha value is 0. The van der Waals surface area contributed by atoms with Gasteiger partial charge in [0.2, 0.25) is 0 Å². The average Bonchev–Trinajstić information content (AvgIpc) is 2.91. The maximum atomic E-state index is 2.56. The Bertz CT molecular complexity index is 214. The second kappa shape index (κ2) is 1.91. The van der Waals surface area contributed by atoms with E-state index in [2.05, 4.69) is 13.8 Å². The smallest absolute Gasteiger partial charge is 0.0212 e. The molecule has 0 nitrogen and oxygen atoms in total. The minimum absolute atomic E-state index is 0.741. The fourth-order valence-corrected chi connectivity index (χ4v) is 4.08. The van der Waals surface area contributed by atoms with Crippen LogP contribution in [0.2, 0.25) is 0 Å². The van der Waals surface area contributed by atoms with Crippen molar-refractivity contribution in [1.82, 2.24) is 0 Å². The third kappa shape index (κ3) is 0.661. The lowest BCUT2D eigenvalue weighted by atomic mass is 9.63. The molecule has 0 saturated heterocycles. The molecule has 12 heavy (non-hydrogen) atoms. The van der Waals surface area contributed by atoms with Crippen molar-refractivity contribution in [1.29, 1.82) is 0 Å². The van der Waals surface area contributed by atoms with Gasteiger partial charge in [0.1, 0.15) is 0 Å². The molecule has 0 aromatic rings. The van der Waals surface area contributed by atoms with Gasteiger partial charge in [0.25, 0.3) is 0 Å². The van der Waals surface area contributed by atoms with E-state index in [-0.39, 0.29) is 0 Å². The summed E-state index contributed by atoms with van der Waals surface area (Å²) in [6, 6.07) is 0. The lowest BCUT2D eigenvalue weighted by molar-refractivity contribution is 0.0754. The van der Waals surface area contributed by atoms with E-state index >= 15 is 0 Å². The Labute approximate surface area is 75.7 Å². The van der Waals surface area contributed by atoms with E-state index in [1.54, 1.807) is 25.7 Å². The Morgan fingerprint density at radius 1 is 1.25 bits per heavy atom. The Morgan fingerprint density at radius 2 is 2.00 bits per heavy atom. The zero-order chi connectivity index (χ0) is 8.40. The van der Waals surface area contributed by atoms with Crippen LogP contribution in [0.15, 0.2) is 0 Å². The molecule has 0 aromatic carbocycles. The minimum Gasteiger partial charge on any atom is -0.0648 e. The highest BCUT2D eigenvalue weighted by molar-refractivity contribution is 5.17. The first-order valence-electron chi connectivity index (χ1n) is 5.72. The molecule has 0 aliphatic heterocycles. The van der Waals surface area contributed by atoms with Gasteiger partial charge in [0, 0.05) is 0 Å². The summed E-state index contributed by atoms with van der Waals surface area (Å²) in [5.41, 5.74) is 1.61. The van der Waals surface area contributed by atoms with Crippen molar-refractivity contribution in [3.8, 4) is 0 Å². The molecule has 3 rings (SSSR count). The molecule has 0 amide bonds. The molecule has 1 spiro atoms. The van der Waals surface area contributed by atoms with Crippen LogP contribution in [0.3, 0.4) is 0 Å². The molecule has 0 N–H and O–H groups in total. The minimum atomic E-state index is 0.741. The average molecular weight is 164 g/mol. The van der Waals surface area contributed by atoms with Gasteiger partial charge in [-0.05, 0) is 54.8 Å². The Kier molecular flexibility index (Phi) is 1.18. The molecule has 3 atom stereocenters. The predicted molar refractivity (Wildman–Crippen MR) is 50.9 cm³/mol. The highest BCUT2D eigenvalue weighted by Crippen LogP contribution is 2.77. The summed E-state index contributed by atoms with van der Waals surface area (Å²) in [5, 5.41) is 0. The van der Waals surface area contributed by atoms with Crippen LogP contribution in [0.4, 0.5) is 0 Å². The van der Waals surface area contributed by atoms with Gasteiger partial charge in [0.15, 0.2) is 0 Å². The van der Waals surface area contributed by atoms with Gasteiger partial charge in [0.05, 0.1) is 0 Å². The van der Waals surface area contributed by atoms with Crippen molar-refractivity contribution < 1.29 is 0 Å². The molecule has 0 heterocycles. The monoisotopic (exact) mass is 164 g/mol. The molecule has 2 unspecified atom stereocenters. The van der Waals surface area contributed by atoms with Crippen LogP contribution in [0.5, 0.6) is 0 Å². The summed E-state index contributed by atoms with van der Waals surface area (Å²) in [6.45, 7) is 4.97. The van der Waals surface area contributed by atoms with E-state index in [0.29, 0.717) is 0 Å². The van der Waals surface area contributed by atoms with Crippen LogP contribution in [-0.2, 0) is 0 Å². The van der Waals surface area contributed by atoms with Crippen molar-refractivity contribution in [2.24, 2.45) is 22.7 Å². The molecule has 3 aliphatic carbocycles. The second-order valence-electron chi connectivity index (χ2n) is 5.71. The summed E-state index contributed by atoms with van der Waals surface area (Å²) in [7, 11) is 0. The predicted octanol–water partition coefficient (Wildman–Crippen LogP) is 3.61. The van der Waals surface area contributed by atoms with Gasteiger partial charge in [-0.15, -0.1) is 0 Å².